The molecule has 0 fully saturated rings. The predicted octanol–water partition coefficient (Wildman–Crippen LogP) is 5.02. The summed E-state index contributed by atoms with van der Waals surface area (Å²) >= 11 is 0. The van der Waals surface area contributed by atoms with E-state index in [1.807, 2.05) is 61.5 Å². The quantitative estimate of drug-likeness (QED) is 0.561. The van der Waals surface area contributed by atoms with Crippen molar-refractivity contribution < 1.29 is 9.09 Å². The molecule has 26 heavy (non-hydrogen) atoms. The Kier molecular flexibility index (Phi) is 5.94. The van der Waals surface area contributed by atoms with Crippen LogP contribution in [0.5, 0.6) is 0 Å². The summed E-state index contributed by atoms with van der Waals surface area (Å²) in [4.78, 5) is 0. The van der Waals surface area contributed by atoms with Crippen LogP contribution in [0.15, 0.2) is 95.5 Å². The van der Waals surface area contributed by atoms with Gasteiger partial charge in [0, 0.05) is 22.6 Å². The van der Waals surface area contributed by atoms with E-state index in [4.69, 9.17) is 9.04 Å². The van der Waals surface area contributed by atoms with Gasteiger partial charge < -0.3 is 4.52 Å². The molecule has 134 valence electrons. The van der Waals surface area contributed by atoms with Crippen molar-refractivity contribution in [2.45, 2.75) is 6.92 Å². The van der Waals surface area contributed by atoms with Crippen LogP contribution in [0, 0.1) is 0 Å². The van der Waals surface area contributed by atoms with E-state index in [1.54, 1.807) is 6.66 Å². The van der Waals surface area contributed by atoms with Crippen molar-refractivity contribution >= 4 is 30.5 Å². The molecule has 1 atom stereocenters. The Bertz CT molecular complexity index is 838. The minimum atomic E-state index is -3.14. The van der Waals surface area contributed by atoms with Crippen molar-refractivity contribution in [1.29, 1.82) is 0 Å². The molecular formula is C21H23NO2P2. The third-order valence-electron chi connectivity index (χ3n) is 4.05. The fourth-order valence-corrected chi connectivity index (χ4v) is 9.62. The summed E-state index contributed by atoms with van der Waals surface area (Å²) < 4.78 is 23.7. The first-order chi connectivity index (χ1) is 12.6. The van der Waals surface area contributed by atoms with Crippen LogP contribution in [0.3, 0.4) is 0 Å². The van der Waals surface area contributed by atoms with Crippen LogP contribution in [-0.4, -0.2) is 13.3 Å². The fraction of sp³-hybridized carbons (Fsp3) is 0.143. The Morgan fingerprint density at radius 1 is 0.731 bits per heavy atom. The first kappa shape index (κ1) is 18.9. The van der Waals surface area contributed by atoms with Gasteiger partial charge in [-0.25, -0.2) is 4.52 Å². The van der Waals surface area contributed by atoms with Gasteiger partial charge in [-0.05, 0) is 6.92 Å². The summed E-state index contributed by atoms with van der Waals surface area (Å²) in [5, 5.41) is 3.21. The molecular weight excluding hydrogens is 360 g/mol. The molecule has 3 aromatic carbocycles. The lowest BCUT2D eigenvalue weighted by Crippen LogP contribution is -2.25. The SMILES string of the molecule is CCO[P@](C)(=O)N=P(c1ccccc1)(c1ccccc1)c1ccccc1. The molecule has 0 amide bonds. The van der Waals surface area contributed by atoms with Gasteiger partial charge in [0.2, 0.25) is 0 Å². The molecule has 0 saturated carbocycles. The normalized spacial score (nSPS) is 13.8. The van der Waals surface area contributed by atoms with Gasteiger partial charge >= 0.3 is 7.52 Å². The van der Waals surface area contributed by atoms with Crippen molar-refractivity contribution in [3.05, 3.63) is 91.0 Å². The zero-order valence-corrected chi connectivity index (χ0v) is 16.8. The Balaban J connectivity index is 2.44. The molecule has 0 aliphatic heterocycles. The first-order valence-electron chi connectivity index (χ1n) is 8.61. The van der Waals surface area contributed by atoms with Crippen LogP contribution < -0.4 is 15.9 Å². The Hall–Kier alpha value is -1.92. The lowest BCUT2D eigenvalue weighted by molar-refractivity contribution is 0.338. The molecule has 0 bridgehead atoms. The highest BCUT2D eigenvalue weighted by Gasteiger charge is 2.31. The lowest BCUT2D eigenvalue weighted by atomic mass is 10.4. The monoisotopic (exact) mass is 383 g/mol. The van der Waals surface area contributed by atoms with E-state index in [-0.39, 0.29) is 0 Å². The van der Waals surface area contributed by atoms with E-state index in [0.717, 1.165) is 15.9 Å². The molecule has 0 heterocycles. The number of benzene rings is 3. The van der Waals surface area contributed by atoms with Gasteiger partial charge in [0.25, 0.3) is 0 Å². The van der Waals surface area contributed by atoms with Gasteiger partial charge in [0.15, 0.2) is 0 Å². The second-order valence-electron chi connectivity index (χ2n) is 5.95. The standard InChI is InChI=1S/C21H23NO2P2/c1-3-24-25(2,23)22-26(19-13-7-4-8-14-19,20-15-9-5-10-16-20)21-17-11-6-12-18-21/h4-18H,3H2,1-2H3/t25-/m0/s1. The van der Waals surface area contributed by atoms with Crippen LogP contribution in [0.4, 0.5) is 0 Å². The largest absolute Gasteiger partial charge is 0.313 e. The maximum atomic E-state index is 13.2. The second kappa shape index (κ2) is 8.18. The Morgan fingerprint density at radius 2 is 1.08 bits per heavy atom. The van der Waals surface area contributed by atoms with E-state index < -0.39 is 14.6 Å². The highest BCUT2D eigenvalue weighted by Crippen LogP contribution is 2.58. The van der Waals surface area contributed by atoms with Gasteiger partial charge in [-0.2, -0.15) is 0 Å². The molecule has 0 aliphatic carbocycles. The molecule has 3 rings (SSSR count). The molecule has 5 heteroatoms. The molecule has 3 aromatic rings. The lowest BCUT2D eigenvalue weighted by Gasteiger charge is -2.28. The minimum Gasteiger partial charge on any atom is -0.313 e. The average Bonchev–Trinajstić information content (AvgIpc) is 2.68. The van der Waals surface area contributed by atoms with Crippen LogP contribution in [0.1, 0.15) is 6.92 Å². The average molecular weight is 383 g/mol. The van der Waals surface area contributed by atoms with Crippen molar-refractivity contribution in [3.63, 3.8) is 0 Å². The van der Waals surface area contributed by atoms with E-state index >= 15 is 0 Å². The van der Waals surface area contributed by atoms with E-state index in [0.29, 0.717) is 6.61 Å². The van der Waals surface area contributed by atoms with Gasteiger partial charge in [-0.3, -0.25) is 4.57 Å². The summed E-state index contributed by atoms with van der Waals surface area (Å²) in [5.74, 6) is 0. The van der Waals surface area contributed by atoms with Crippen molar-refractivity contribution in [3.8, 4) is 0 Å². The topological polar surface area (TPSA) is 38.7 Å². The Morgan fingerprint density at radius 3 is 1.38 bits per heavy atom. The second-order valence-corrected chi connectivity index (χ2v) is 11.4. The van der Waals surface area contributed by atoms with Crippen molar-refractivity contribution in [1.82, 2.24) is 0 Å². The molecule has 0 saturated heterocycles. The molecule has 0 unspecified atom stereocenters. The third-order valence-corrected chi connectivity index (χ3v) is 10.3. The van der Waals surface area contributed by atoms with E-state index in [9.17, 15) is 4.57 Å². The highest BCUT2D eigenvalue weighted by molar-refractivity contribution is 7.90. The van der Waals surface area contributed by atoms with Crippen LogP contribution in [0.2, 0.25) is 0 Å². The number of hydrogen-bond donors (Lipinski definition) is 0. The van der Waals surface area contributed by atoms with E-state index in [2.05, 4.69) is 36.4 Å². The molecule has 0 aliphatic rings. The zero-order valence-electron chi connectivity index (χ0n) is 15.0. The fourth-order valence-electron chi connectivity index (χ4n) is 3.04. The highest BCUT2D eigenvalue weighted by atomic mass is 31.2. The van der Waals surface area contributed by atoms with Gasteiger partial charge in [-0.15, -0.1) is 0 Å². The van der Waals surface area contributed by atoms with Crippen molar-refractivity contribution in [2.24, 2.45) is 4.52 Å². The molecule has 0 spiro atoms. The van der Waals surface area contributed by atoms with Crippen LogP contribution in [0.25, 0.3) is 0 Å². The van der Waals surface area contributed by atoms with Crippen molar-refractivity contribution in [2.75, 3.05) is 13.3 Å². The molecule has 3 nitrogen and oxygen atoms in total. The van der Waals surface area contributed by atoms with E-state index in [1.165, 1.54) is 0 Å². The van der Waals surface area contributed by atoms with Gasteiger partial charge in [0.05, 0.1) is 13.7 Å². The summed E-state index contributed by atoms with van der Waals surface area (Å²) in [5.41, 5.74) is 0. The third kappa shape index (κ3) is 3.91. The molecule has 0 aromatic heterocycles. The number of hydrogen-bond acceptors (Lipinski definition) is 2. The maximum Gasteiger partial charge on any atom is 0.311 e. The summed E-state index contributed by atoms with van der Waals surface area (Å²) in [6.45, 7) is 3.83. The summed E-state index contributed by atoms with van der Waals surface area (Å²) in [7, 11) is -5.60. The minimum absolute atomic E-state index is 0.371. The van der Waals surface area contributed by atoms with Gasteiger partial charge in [0.1, 0.15) is 0 Å². The Labute approximate surface area is 155 Å². The molecule has 0 N–H and O–H groups in total. The molecule has 0 radical (unpaired) electrons. The smallest absolute Gasteiger partial charge is 0.311 e. The van der Waals surface area contributed by atoms with Crippen LogP contribution in [-0.2, 0) is 9.09 Å². The maximum absolute atomic E-state index is 13.2. The zero-order chi connectivity index (χ0) is 18.5. The number of nitrogens with zero attached hydrogens (tertiary/aromatic N) is 1. The first-order valence-corrected chi connectivity index (χ1v) is 12.4. The van der Waals surface area contributed by atoms with Crippen LogP contribution >= 0.6 is 14.6 Å². The predicted molar refractivity (Wildman–Crippen MR) is 113 cm³/mol. The number of rotatable bonds is 6. The van der Waals surface area contributed by atoms with Gasteiger partial charge in [-0.1, -0.05) is 91.0 Å². The summed E-state index contributed by atoms with van der Waals surface area (Å²) in [6.07, 6.45) is 0. The summed E-state index contributed by atoms with van der Waals surface area (Å²) in [6, 6.07) is 30.4.